The molecule has 18 heavy (non-hydrogen) atoms. The van der Waals surface area contributed by atoms with Crippen molar-refractivity contribution >= 4 is 0 Å². The summed E-state index contributed by atoms with van der Waals surface area (Å²) in [6.45, 7) is 4.43. The maximum atomic E-state index is 6.21. The normalized spacial score (nSPS) is 21.8. The van der Waals surface area contributed by atoms with Crippen LogP contribution < -0.4 is 5.32 Å². The van der Waals surface area contributed by atoms with E-state index in [1.807, 2.05) is 0 Å². The molecular weight excluding hydrogens is 222 g/mol. The number of unbranched alkanes of at least 4 members (excludes halogenated alkanes) is 4. The van der Waals surface area contributed by atoms with Gasteiger partial charge in [0.2, 0.25) is 0 Å². The molecule has 2 aliphatic rings. The molecule has 0 bridgehead atoms. The van der Waals surface area contributed by atoms with Gasteiger partial charge in [-0.15, -0.1) is 0 Å². The van der Waals surface area contributed by atoms with Gasteiger partial charge < -0.3 is 10.1 Å². The van der Waals surface area contributed by atoms with E-state index in [0.29, 0.717) is 0 Å². The van der Waals surface area contributed by atoms with Crippen LogP contribution in [-0.4, -0.2) is 24.8 Å². The van der Waals surface area contributed by atoms with Gasteiger partial charge in [-0.05, 0) is 51.5 Å². The molecule has 2 fully saturated rings. The minimum absolute atomic E-state index is 0.270. The molecule has 0 spiro atoms. The van der Waals surface area contributed by atoms with Crippen LogP contribution in [-0.2, 0) is 4.74 Å². The van der Waals surface area contributed by atoms with Crippen molar-refractivity contribution in [1.82, 2.24) is 5.32 Å². The molecule has 0 amide bonds. The first kappa shape index (κ1) is 14.3. The second-order valence-electron chi connectivity index (χ2n) is 6.28. The summed E-state index contributed by atoms with van der Waals surface area (Å²) in [4.78, 5) is 0. The third-order valence-electron chi connectivity index (χ3n) is 4.51. The van der Waals surface area contributed by atoms with Crippen molar-refractivity contribution in [2.75, 3.05) is 13.2 Å². The van der Waals surface area contributed by atoms with Gasteiger partial charge in [-0.2, -0.15) is 0 Å². The molecular formula is C16H31NO. The Bertz CT molecular complexity index is 221. The molecule has 0 atom stereocenters. The van der Waals surface area contributed by atoms with Gasteiger partial charge in [0, 0.05) is 12.6 Å². The Morgan fingerprint density at radius 1 is 1.11 bits per heavy atom. The van der Waals surface area contributed by atoms with Crippen LogP contribution >= 0.6 is 0 Å². The van der Waals surface area contributed by atoms with Crippen molar-refractivity contribution in [3.8, 4) is 0 Å². The van der Waals surface area contributed by atoms with Crippen LogP contribution in [0.25, 0.3) is 0 Å². The van der Waals surface area contributed by atoms with Crippen molar-refractivity contribution in [1.29, 1.82) is 0 Å². The Morgan fingerprint density at radius 3 is 2.50 bits per heavy atom. The lowest BCUT2D eigenvalue weighted by atomic mass is 9.77. The second kappa shape index (κ2) is 7.49. The lowest BCUT2D eigenvalue weighted by Crippen LogP contribution is -2.43. The minimum atomic E-state index is 0.270. The SMILES string of the molecule is CCCCCCCOC1(CCNC2CC2)CCC1. The fourth-order valence-corrected chi connectivity index (χ4v) is 2.82. The monoisotopic (exact) mass is 253 g/mol. The number of hydrogen-bond donors (Lipinski definition) is 1. The Hall–Kier alpha value is -0.0800. The summed E-state index contributed by atoms with van der Waals surface area (Å²) in [5, 5.41) is 3.62. The van der Waals surface area contributed by atoms with Gasteiger partial charge in [0.25, 0.3) is 0 Å². The van der Waals surface area contributed by atoms with Gasteiger partial charge in [0.15, 0.2) is 0 Å². The molecule has 0 radical (unpaired) electrons. The second-order valence-corrected chi connectivity index (χ2v) is 6.28. The number of nitrogens with one attached hydrogen (secondary N) is 1. The van der Waals surface area contributed by atoms with E-state index < -0.39 is 0 Å². The lowest BCUT2D eigenvalue weighted by molar-refractivity contribution is -0.105. The molecule has 0 saturated heterocycles. The zero-order chi connectivity index (χ0) is 12.7. The molecule has 0 aliphatic heterocycles. The average Bonchev–Trinajstić information content (AvgIpc) is 3.13. The first-order valence-electron chi connectivity index (χ1n) is 8.22. The van der Waals surface area contributed by atoms with Crippen LogP contribution in [0.2, 0.25) is 0 Å². The van der Waals surface area contributed by atoms with Crippen molar-refractivity contribution in [3.63, 3.8) is 0 Å². The maximum Gasteiger partial charge on any atom is 0.0694 e. The summed E-state index contributed by atoms with van der Waals surface area (Å²) in [7, 11) is 0. The van der Waals surface area contributed by atoms with Crippen LogP contribution in [0.3, 0.4) is 0 Å². The molecule has 2 rings (SSSR count). The third-order valence-corrected chi connectivity index (χ3v) is 4.51. The molecule has 0 aromatic carbocycles. The largest absolute Gasteiger partial charge is 0.375 e. The molecule has 106 valence electrons. The van der Waals surface area contributed by atoms with Gasteiger partial charge in [-0.3, -0.25) is 0 Å². The Morgan fingerprint density at radius 2 is 1.89 bits per heavy atom. The van der Waals surface area contributed by atoms with Crippen molar-refractivity contribution in [3.05, 3.63) is 0 Å². The highest BCUT2D eigenvalue weighted by atomic mass is 16.5. The zero-order valence-electron chi connectivity index (χ0n) is 12.2. The predicted octanol–water partition coefficient (Wildman–Crippen LogP) is 4.04. The Labute approximate surface area is 113 Å². The molecule has 0 aromatic rings. The molecule has 2 heteroatoms. The van der Waals surface area contributed by atoms with E-state index >= 15 is 0 Å². The van der Waals surface area contributed by atoms with Crippen LogP contribution in [0.5, 0.6) is 0 Å². The predicted molar refractivity (Wildman–Crippen MR) is 76.9 cm³/mol. The molecule has 2 aliphatic carbocycles. The van der Waals surface area contributed by atoms with E-state index in [4.69, 9.17) is 4.74 Å². The topological polar surface area (TPSA) is 21.3 Å². The molecule has 0 heterocycles. The van der Waals surface area contributed by atoms with Crippen LogP contribution in [0, 0.1) is 0 Å². The first-order valence-corrected chi connectivity index (χ1v) is 8.22. The summed E-state index contributed by atoms with van der Waals surface area (Å²) in [6.07, 6.45) is 14.7. The van der Waals surface area contributed by atoms with Crippen LogP contribution in [0.4, 0.5) is 0 Å². The van der Waals surface area contributed by atoms with E-state index in [9.17, 15) is 0 Å². The van der Waals surface area contributed by atoms with Crippen molar-refractivity contribution in [2.45, 2.75) is 89.2 Å². The summed E-state index contributed by atoms with van der Waals surface area (Å²) >= 11 is 0. The Balaban J connectivity index is 1.50. The van der Waals surface area contributed by atoms with Gasteiger partial charge in [-0.1, -0.05) is 32.6 Å². The number of rotatable bonds is 11. The molecule has 2 nitrogen and oxygen atoms in total. The molecule has 2 saturated carbocycles. The van der Waals surface area contributed by atoms with E-state index in [-0.39, 0.29) is 5.60 Å². The lowest BCUT2D eigenvalue weighted by Gasteiger charge is -2.42. The fraction of sp³-hybridized carbons (Fsp3) is 1.00. The van der Waals surface area contributed by atoms with E-state index in [1.165, 1.54) is 77.2 Å². The van der Waals surface area contributed by atoms with Gasteiger partial charge in [0.05, 0.1) is 5.60 Å². The third kappa shape index (κ3) is 4.89. The van der Waals surface area contributed by atoms with E-state index in [2.05, 4.69) is 12.2 Å². The smallest absolute Gasteiger partial charge is 0.0694 e. The van der Waals surface area contributed by atoms with Gasteiger partial charge in [0.1, 0.15) is 0 Å². The number of ether oxygens (including phenoxy) is 1. The minimum Gasteiger partial charge on any atom is -0.375 e. The molecule has 0 unspecified atom stereocenters. The maximum absolute atomic E-state index is 6.21. The molecule has 0 aromatic heterocycles. The summed E-state index contributed by atoms with van der Waals surface area (Å²) in [5.41, 5.74) is 0.270. The highest BCUT2D eigenvalue weighted by molar-refractivity contribution is 4.91. The summed E-state index contributed by atoms with van der Waals surface area (Å²) in [5.74, 6) is 0. The molecule has 1 N–H and O–H groups in total. The highest BCUT2D eigenvalue weighted by Crippen LogP contribution is 2.38. The number of hydrogen-bond acceptors (Lipinski definition) is 2. The van der Waals surface area contributed by atoms with Crippen molar-refractivity contribution in [2.24, 2.45) is 0 Å². The highest BCUT2D eigenvalue weighted by Gasteiger charge is 2.37. The van der Waals surface area contributed by atoms with Gasteiger partial charge >= 0.3 is 0 Å². The van der Waals surface area contributed by atoms with Crippen LogP contribution in [0.1, 0.15) is 77.6 Å². The summed E-state index contributed by atoms with van der Waals surface area (Å²) in [6, 6.07) is 0.844. The van der Waals surface area contributed by atoms with E-state index in [0.717, 1.165) is 12.6 Å². The fourth-order valence-electron chi connectivity index (χ4n) is 2.82. The van der Waals surface area contributed by atoms with Crippen LogP contribution in [0.15, 0.2) is 0 Å². The van der Waals surface area contributed by atoms with Crippen molar-refractivity contribution < 1.29 is 4.74 Å². The average molecular weight is 253 g/mol. The standard InChI is InChI=1S/C16H31NO/c1-2-3-4-5-6-14-18-16(10-7-11-16)12-13-17-15-8-9-15/h15,17H,2-14H2,1H3. The van der Waals surface area contributed by atoms with Gasteiger partial charge in [-0.25, -0.2) is 0 Å². The summed E-state index contributed by atoms with van der Waals surface area (Å²) < 4.78 is 6.21. The quantitative estimate of drug-likeness (QED) is 0.561. The first-order chi connectivity index (χ1) is 8.85. The van der Waals surface area contributed by atoms with E-state index in [1.54, 1.807) is 0 Å². The Kier molecular flexibility index (Phi) is 5.97. The zero-order valence-corrected chi connectivity index (χ0v) is 12.2.